The number of aliphatic carboxylic acids is 1. The van der Waals surface area contributed by atoms with Gasteiger partial charge in [0.1, 0.15) is 5.82 Å². The standard InChI is InChI=1S/C15H11Cl2FO2/c16-12-5-3-6-13(17)11(12)8-10(15(19)20)9-4-1-2-7-14(9)18/h1-7,10H,8H2,(H,19,20). The van der Waals surface area contributed by atoms with Gasteiger partial charge in [-0.25, -0.2) is 4.39 Å². The summed E-state index contributed by atoms with van der Waals surface area (Å²) in [5.41, 5.74) is 0.627. The second-order valence-electron chi connectivity index (χ2n) is 4.32. The Morgan fingerprint density at radius 3 is 2.25 bits per heavy atom. The van der Waals surface area contributed by atoms with Gasteiger partial charge in [-0.05, 0) is 30.2 Å². The van der Waals surface area contributed by atoms with Gasteiger partial charge in [-0.1, -0.05) is 47.5 Å². The van der Waals surface area contributed by atoms with E-state index in [1.807, 2.05) is 0 Å². The lowest BCUT2D eigenvalue weighted by Gasteiger charge is -2.15. The van der Waals surface area contributed by atoms with Crippen LogP contribution in [-0.4, -0.2) is 11.1 Å². The van der Waals surface area contributed by atoms with Crippen LogP contribution in [0.15, 0.2) is 42.5 Å². The molecular formula is C15H11Cl2FO2. The summed E-state index contributed by atoms with van der Waals surface area (Å²) in [6.45, 7) is 0. The molecule has 2 rings (SSSR count). The SMILES string of the molecule is O=C(O)C(Cc1c(Cl)cccc1Cl)c1ccccc1F. The molecule has 1 N–H and O–H groups in total. The molecule has 104 valence electrons. The number of rotatable bonds is 4. The third-order valence-corrected chi connectivity index (χ3v) is 3.76. The van der Waals surface area contributed by atoms with Crippen LogP contribution < -0.4 is 0 Å². The zero-order chi connectivity index (χ0) is 14.7. The first-order valence-electron chi connectivity index (χ1n) is 5.91. The number of hydrogen-bond donors (Lipinski definition) is 1. The minimum Gasteiger partial charge on any atom is -0.481 e. The first kappa shape index (κ1) is 14.8. The molecule has 2 nitrogen and oxygen atoms in total. The van der Waals surface area contributed by atoms with Gasteiger partial charge in [0.25, 0.3) is 0 Å². The molecule has 20 heavy (non-hydrogen) atoms. The van der Waals surface area contributed by atoms with Crippen molar-refractivity contribution in [3.05, 3.63) is 69.5 Å². The van der Waals surface area contributed by atoms with Crippen LogP contribution in [-0.2, 0) is 11.2 Å². The lowest BCUT2D eigenvalue weighted by Crippen LogP contribution is -2.16. The van der Waals surface area contributed by atoms with Gasteiger partial charge in [0.2, 0.25) is 0 Å². The van der Waals surface area contributed by atoms with Gasteiger partial charge in [0, 0.05) is 15.6 Å². The van der Waals surface area contributed by atoms with E-state index < -0.39 is 17.7 Å². The van der Waals surface area contributed by atoms with Gasteiger partial charge in [-0.2, -0.15) is 0 Å². The van der Waals surface area contributed by atoms with E-state index in [9.17, 15) is 14.3 Å². The number of hydrogen-bond acceptors (Lipinski definition) is 1. The number of halogens is 3. The van der Waals surface area contributed by atoms with Crippen LogP contribution in [0.25, 0.3) is 0 Å². The van der Waals surface area contributed by atoms with Crippen molar-refractivity contribution in [2.24, 2.45) is 0 Å². The fourth-order valence-corrected chi connectivity index (χ4v) is 2.57. The molecule has 0 saturated carbocycles. The highest BCUT2D eigenvalue weighted by Gasteiger charge is 2.25. The number of carbonyl (C=O) groups is 1. The van der Waals surface area contributed by atoms with Crippen molar-refractivity contribution in [2.45, 2.75) is 12.3 Å². The molecule has 0 spiro atoms. The van der Waals surface area contributed by atoms with Gasteiger partial charge < -0.3 is 5.11 Å². The summed E-state index contributed by atoms with van der Waals surface area (Å²) in [6.07, 6.45) is 0.0365. The maximum Gasteiger partial charge on any atom is 0.311 e. The van der Waals surface area contributed by atoms with E-state index in [0.717, 1.165) is 0 Å². The van der Waals surface area contributed by atoms with Crippen molar-refractivity contribution in [2.75, 3.05) is 0 Å². The summed E-state index contributed by atoms with van der Waals surface area (Å²) in [5.74, 6) is -2.71. The van der Waals surface area contributed by atoms with Crippen molar-refractivity contribution < 1.29 is 14.3 Å². The number of carboxylic acid groups (broad SMARTS) is 1. The zero-order valence-electron chi connectivity index (χ0n) is 10.3. The molecule has 2 aromatic carbocycles. The number of carboxylic acids is 1. The van der Waals surface area contributed by atoms with Crippen LogP contribution in [0.4, 0.5) is 4.39 Å². The predicted molar refractivity (Wildman–Crippen MR) is 76.9 cm³/mol. The molecule has 0 amide bonds. The van der Waals surface area contributed by atoms with Gasteiger partial charge in [0.05, 0.1) is 5.92 Å². The maximum atomic E-state index is 13.8. The smallest absolute Gasteiger partial charge is 0.311 e. The van der Waals surface area contributed by atoms with E-state index >= 15 is 0 Å². The molecule has 0 aliphatic heterocycles. The summed E-state index contributed by atoms with van der Waals surface area (Å²) >= 11 is 12.1. The minimum absolute atomic E-state index is 0.0365. The molecule has 0 aliphatic rings. The minimum atomic E-state index is -1.12. The fourth-order valence-electron chi connectivity index (χ4n) is 2.02. The first-order chi connectivity index (χ1) is 9.50. The van der Waals surface area contributed by atoms with E-state index in [1.165, 1.54) is 18.2 Å². The van der Waals surface area contributed by atoms with E-state index in [-0.39, 0.29) is 12.0 Å². The average molecular weight is 313 g/mol. The Balaban J connectivity index is 2.42. The van der Waals surface area contributed by atoms with Crippen LogP contribution in [0, 0.1) is 5.82 Å². The van der Waals surface area contributed by atoms with Crippen LogP contribution in [0.3, 0.4) is 0 Å². The molecule has 2 aromatic rings. The Morgan fingerprint density at radius 2 is 1.70 bits per heavy atom. The summed E-state index contributed by atoms with van der Waals surface area (Å²) in [5, 5.41) is 10.1. The molecule has 0 radical (unpaired) electrons. The summed E-state index contributed by atoms with van der Waals surface area (Å²) < 4.78 is 13.8. The molecule has 1 unspecified atom stereocenters. The molecule has 0 aliphatic carbocycles. The molecule has 0 saturated heterocycles. The third-order valence-electron chi connectivity index (χ3n) is 3.05. The first-order valence-corrected chi connectivity index (χ1v) is 6.66. The van der Waals surface area contributed by atoms with Crippen LogP contribution >= 0.6 is 23.2 Å². The third kappa shape index (κ3) is 3.11. The Bertz CT molecular complexity index is 623. The summed E-state index contributed by atoms with van der Waals surface area (Å²) in [6, 6.07) is 10.7. The van der Waals surface area contributed by atoms with Crippen molar-refractivity contribution in [3.63, 3.8) is 0 Å². The lowest BCUT2D eigenvalue weighted by atomic mass is 9.91. The normalized spacial score (nSPS) is 12.2. The summed E-state index contributed by atoms with van der Waals surface area (Å²) in [4.78, 5) is 11.4. The lowest BCUT2D eigenvalue weighted by molar-refractivity contribution is -0.138. The molecular weight excluding hydrogens is 302 g/mol. The van der Waals surface area contributed by atoms with Crippen molar-refractivity contribution in [1.82, 2.24) is 0 Å². The molecule has 1 atom stereocenters. The van der Waals surface area contributed by atoms with Crippen molar-refractivity contribution >= 4 is 29.2 Å². The van der Waals surface area contributed by atoms with E-state index in [1.54, 1.807) is 24.3 Å². The van der Waals surface area contributed by atoms with E-state index in [2.05, 4.69) is 0 Å². The Morgan fingerprint density at radius 1 is 1.10 bits per heavy atom. The largest absolute Gasteiger partial charge is 0.481 e. The highest BCUT2D eigenvalue weighted by molar-refractivity contribution is 6.36. The van der Waals surface area contributed by atoms with Gasteiger partial charge in [0.15, 0.2) is 0 Å². The van der Waals surface area contributed by atoms with Gasteiger partial charge in [-0.3, -0.25) is 4.79 Å². The molecule has 0 fully saturated rings. The highest BCUT2D eigenvalue weighted by Crippen LogP contribution is 2.31. The van der Waals surface area contributed by atoms with E-state index in [4.69, 9.17) is 23.2 Å². The summed E-state index contributed by atoms with van der Waals surface area (Å²) in [7, 11) is 0. The second kappa shape index (κ2) is 6.25. The van der Waals surface area contributed by atoms with Gasteiger partial charge in [-0.15, -0.1) is 0 Å². The highest BCUT2D eigenvalue weighted by atomic mass is 35.5. The van der Waals surface area contributed by atoms with Crippen LogP contribution in [0.5, 0.6) is 0 Å². The zero-order valence-corrected chi connectivity index (χ0v) is 11.8. The van der Waals surface area contributed by atoms with Crippen LogP contribution in [0.1, 0.15) is 17.0 Å². The molecule has 0 bridgehead atoms. The van der Waals surface area contributed by atoms with Crippen molar-refractivity contribution in [3.8, 4) is 0 Å². The molecule has 5 heteroatoms. The monoisotopic (exact) mass is 312 g/mol. The second-order valence-corrected chi connectivity index (χ2v) is 5.13. The van der Waals surface area contributed by atoms with Crippen molar-refractivity contribution in [1.29, 1.82) is 0 Å². The Hall–Kier alpha value is -1.58. The molecule has 0 heterocycles. The molecule has 0 aromatic heterocycles. The van der Waals surface area contributed by atoms with E-state index in [0.29, 0.717) is 15.6 Å². The Kier molecular flexibility index (Phi) is 4.63. The fraction of sp³-hybridized carbons (Fsp3) is 0.133. The quantitative estimate of drug-likeness (QED) is 0.899. The average Bonchev–Trinajstić information content (AvgIpc) is 2.39. The topological polar surface area (TPSA) is 37.3 Å². The Labute approximate surface area is 125 Å². The van der Waals surface area contributed by atoms with Crippen LogP contribution in [0.2, 0.25) is 10.0 Å². The predicted octanol–water partition coefficient (Wildman–Crippen LogP) is 4.54. The maximum absolute atomic E-state index is 13.8. The van der Waals surface area contributed by atoms with Gasteiger partial charge >= 0.3 is 5.97 Å². The number of benzene rings is 2.